The van der Waals surface area contributed by atoms with Crippen LogP contribution < -0.4 is 10.5 Å². The van der Waals surface area contributed by atoms with E-state index in [1.165, 1.54) is 44.2 Å². The van der Waals surface area contributed by atoms with Gasteiger partial charge in [0.1, 0.15) is 12.1 Å². The minimum Gasteiger partial charge on any atom is -0.494 e. The van der Waals surface area contributed by atoms with Gasteiger partial charge in [0, 0.05) is 19.5 Å². The number of aromatic nitrogens is 3. The third kappa shape index (κ3) is 4.69. The highest BCUT2D eigenvalue weighted by molar-refractivity contribution is 5.28. The van der Waals surface area contributed by atoms with Crippen LogP contribution in [0.3, 0.4) is 0 Å². The molecule has 0 atom stereocenters. The van der Waals surface area contributed by atoms with Crippen LogP contribution in [0.25, 0.3) is 0 Å². The van der Waals surface area contributed by atoms with Crippen molar-refractivity contribution in [1.29, 1.82) is 0 Å². The van der Waals surface area contributed by atoms with Gasteiger partial charge in [0.15, 0.2) is 0 Å². The van der Waals surface area contributed by atoms with Crippen LogP contribution >= 0.6 is 0 Å². The van der Waals surface area contributed by atoms with E-state index in [1.54, 1.807) is 4.68 Å². The molecule has 1 aromatic heterocycles. The second-order valence-electron chi connectivity index (χ2n) is 6.03. The van der Waals surface area contributed by atoms with E-state index < -0.39 is 0 Å². The summed E-state index contributed by atoms with van der Waals surface area (Å²) >= 11 is 0. The number of anilines is 1. The zero-order valence-electron chi connectivity index (χ0n) is 13.5. The monoisotopic (exact) mass is 315 g/mol. The van der Waals surface area contributed by atoms with Crippen LogP contribution in [-0.2, 0) is 13.1 Å². The molecule has 3 rings (SSSR count). The summed E-state index contributed by atoms with van der Waals surface area (Å²) in [6, 6.07) is 8.42. The smallest absolute Gasteiger partial charge is 0.218 e. The van der Waals surface area contributed by atoms with Crippen molar-refractivity contribution >= 4 is 5.95 Å². The molecule has 1 aliphatic rings. The van der Waals surface area contributed by atoms with Gasteiger partial charge in [-0.2, -0.15) is 5.10 Å². The Morgan fingerprint density at radius 2 is 2.04 bits per heavy atom. The Morgan fingerprint density at radius 1 is 1.17 bits per heavy atom. The molecule has 1 saturated heterocycles. The van der Waals surface area contributed by atoms with Crippen LogP contribution in [0, 0.1) is 0 Å². The van der Waals surface area contributed by atoms with Crippen molar-refractivity contribution in [3.05, 3.63) is 36.2 Å². The van der Waals surface area contributed by atoms with Crippen LogP contribution in [0.15, 0.2) is 30.6 Å². The number of aryl methyl sites for hydroxylation is 1. The molecule has 6 nitrogen and oxygen atoms in total. The molecule has 2 aromatic rings. The van der Waals surface area contributed by atoms with Gasteiger partial charge in [-0.15, -0.1) is 0 Å². The maximum atomic E-state index is 5.85. The molecule has 6 heteroatoms. The summed E-state index contributed by atoms with van der Waals surface area (Å²) in [5.41, 5.74) is 7.01. The van der Waals surface area contributed by atoms with Crippen molar-refractivity contribution in [3.8, 4) is 5.75 Å². The van der Waals surface area contributed by atoms with Crippen LogP contribution in [0.1, 0.15) is 31.2 Å². The molecule has 0 saturated carbocycles. The number of likely N-dealkylation sites (tertiary alicyclic amines) is 1. The van der Waals surface area contributed by atoms with Crippen molar-refractivity contribution in [2.45, 2.75) is 38.8 Å². The first-order valence-corrected chi connectivity index (χ1v) is 8.38. The summed E-state index contributed by atoms with van der Waals surface area (Å²) in [7, 11) is 0. The minimum atomic E-state index is 0.452. The summed E-state index contributed by atoms with van der Waals surface area (Å²) in [6.45, 7) is 4.81. The molecular formula is C17H25N5O. The number of hydrogen-bond donors (Lipinski definition) is 1. The van der Waals surface area contributed by atoms with Gasteiger partial charge in [0.05, 0.1) is 6.61 Å². The van der Waals surface area contributed by atoms with Crippen LogP contribution in [-0.4, -0.2) is 39.4 Å². The Balaban J connectivity index is 1.44. The number of benzene rings is 1. The molecule has 2 N–H and O–H groups in total. The lowest BCUT2D eigenvalue weighted by Gasteiger charge is -2.26. The van der Waals surface area contributed by atoms with E-state index in [-0.39, 0.29) is 0 Å². The standard InChI is InChI=1S/C17H25N5O/c18-17-19-14-20-22(17)10-5-11-23-16-7-4-6-15(12-16)13-21-8-2-1-3-9-21/h4,6-7,12,14H,1-3,5,8-11,13H2,(H2,18,19,20). The van der Waals surface area contributed by atoms with E-state index in [9.17, 15) is 0 Å². The number of ether oxygens (including phenoxy) is 1. The summed E-state index contributed by atoms with van der Waals surface area (Å²) in [5, 5.41) is 4.06. The van der Waals surface area contributed by atoms with Crippen molar-refractivity contribution < 1.29 is 4.74 Å². The molecule has 0 spiro atoms. The molecule has 1 aliphatic heterocycles. The normalized spacial score (nSPS) is 15.7. The Morgan fingerprint density at radius 3 is 2.83 bits per heavy atom. The number of nitrogens with zero attached hydrogens (tertiary/aromatic N) is 4. The molecule has 1 aromatic carbocycles. The Bertz CT molecular complexity index is 607. The second-order valence-corrected chi connectivity index (χ2v) is 6.03. The first kappa shape index (κ1) is 15.8. The highest BCUT2D eigenvalue weighted by Crippen LogP contribution is 2.17. The minimum absolute atomic E-state index is 0.452. The van der Waals surface area contributed by atoms with E-state index in [0.717, 1.165) is 25.3 Å². The highest BCUT2D eigenvalue weighted by atomic mass is 16.5. The number of hydrogen-bond acceptors (Lipinski definition) is 5. The summed E-state index contributed by atoms with van der Waals surface area (Å²) in [4.78, 5) is 6.43. The van der Waals surface area contributed by atoms with Gasteiger partial charge in [0.25, 0.3) is 0 Å². The van der Waals surface area contributed by atoms with Crippen molar-refractivity contribution in [2.75, 3.05) is 25.4 Å². The molecule has 0 radical (unpaired) electrons. The van der Waals surface area contributed by atoms with E-state index in [0.29, 0.717) is 12.6 Å². The number of nitrogen functional groups attached to an aromatic ring is 1. The van der Waals surface area contributed by atoms with Gasteiger partial charge >= 0.3 is 0 Å². The Labute approximate surface area is 137 Å². The third-order valence-corrected chi connectivity index (χ3v) is 4.18. The van der Waals surface area contributed by atoms with Gasteiger partial charge in [-0.05, 0) is 43.6 Å². The van der Waals surface area contributed by atoms with Crippen molar-refractivity contribution in [1.82, 2.24) is 19.7 Å². The zero-order chi connectivity index (χ0) is 15.9. The predicted molar refractivity (Wildman–Crippen MR) is 90.1 cm³/mol. The molecule has 2 heterocycles. The highest BCUT2D eigenvalue weighted by Gasteiger charge is 2.10. The SMILES string of the molecule is Nc1ncnn1CCCOc1cccc(CN2CCCCC2)c1. The maximum absolute atomic E-state index is 5.85. The van der Waals surface area contributed by atoms with Crippen molar-refractivity contribution in [2.24, 2.45) is 0 Å². The van der Waals surface area contributed by atoms with Crippen LogP contribution in [0.5, 0.6) is 5.75 Å². The molecule has 124 valence electrons. The van der Waals surface area contributed by atoms with Crippen LogP contribution in [0.4, 0.5) is 5.95 Å². The van der Waals surface area contributed by atoms with Gasteiger partial charge in [0.2, 0.25) is 5.95 Å². The average Bonchev–Trinajstić information content (AvgIpc) is 2.98. The fourth-order valence-corrected chi connectivity index (χ4v) is 2.96. The molecule has 0 unspecified atom stereocenters. The molecule has 0 amide bonds. The van der Waals surface area contributed by atoms with Crippen molar-refractivity contribution in [3.63, 3.8) is 0 Å². The Kier molecular flexibility index (Phi) is 5.47. The number of piperidine rings is 1. The van der Waals surface area contributed by atoms with E-state index >= 15 is 0 Å². The van der Waals surface area contributed by atoms with Crippen LogP contribution in [0.2, 0.25) is 0 Å². The van der Waals surface area contributed by atoms with Gasteiger partial charge < -0.3 is 10.5 Å². The lowest BCUT2D eigenvalue weighted by Crippen LogP contribution is -2.29. The third-order valence-electron chi connectivity index (χ3n) is 4.18. The molecule has 0 aliphatic carbocycles. The fourth-order valence-electron chi connectivity index (χ4n) is 2.96. The summed E-state index contributed by atoms with van der Waals surface area (Å²) in [5.74, 6) is 1.39. The topological polar surface area (TPSA) is 69.2 Å². The zero-order valence-corrected chi connectivity index (χ0v) is 13.5. The first-order valence-electron chi connectivity index (χ1n) is 8.38. The number of nitrogens with two attached hydrogens (primary N) is 1. The lowest BCUT2D eigenvalue weighted by molar-refractivity contribution is 0.220. The summed E-state index contributed by atoms with van der Waals surface area (Å²) < 4.78 is 7.54. The Hall–Kier alpha value is -2.08. The van der Waals surface area contributed by atoms with E-state index in [4.69, 9.17) is 10.5 Å². The van der Waals surface area contributed by atoms with Gasteiger partial charge in [-0.25, -0.2) is 9.67 Å². The molecule has 23 heavy (non-hydrogen) atoms. The van der Waals surface area contributed by atoms with E-state index in [1.807, 2.05) is 6.07 Å². The second kappa shape index (κ2) is 7.97. The predicted octanol–water partition coefficient (Wildman–Crippen LogP) is 2.32. The molecular weight excluding hydrogens is 290 g/mol. The van der Waals surface area contributed by atoms with Gasteiger partial charge in [-0.1, -0.05) is 18.6 Å². The largest absolute Gasteiger partial charge is 0.494 e. The fraction of sp³-hybridized carbons (Fsp3) is 0.529. The first-order chi connectivity index (χ1) is 11.3. The molecule has 0 bridgehead atoms. The quantitative estimate of drug-likeness (QED) is 0.794. The maximum Gasteiger partial charge on any atom is 0.218 e. The molecule has 1 fully saturated rings. The lowest BCUT2D eigenvalue weighted by atomic mass is 10.1. The van der Waals surface area contributed by atoms with Gasteiger partial charge in [-0.3, -0.25) is 4.90 Å². The van der Waals surface area contributed by atoms with E-state index in [2.05, 4.69) is 33.2 Å². The summed E-state index contributed by atoms with van der Waals surface area (Å²) in [6.07, 6.45) is 6.34. The number of rotatable bonds is 7. The average molecular weight is 315 g/mol.